The first-order chi connectivity index (χ1) is 9.81. The zero-order chi connectivity index (χ0) is 14.2. The number of rotatable bonds is 8. The first kappa shape index (κ1) is 15.4. The molecule has 0 saturated carbocycles. The van der Waals surface area contributed by atoms with Crippen molar-refractivity contribution in [3.05, 3.63) is 11.7 Å². The van der Waals surface area contributed by atoms with Crippen LogP contribution in [0.25, 0.3) is 0 Å². The molecule has 1 fully saturated rings. The third-order valence-corrected chi connectivity index (χ3v) is 3.58. The summed E-state index contributed by atoms with van der Waals surface area (Å²) >= 11 is 0. The molecule has 114 valence electrons. The van der Waals surface area contributed by atoms with Crippen LogP contribution in [0.2, 0.25) is 0 Å². The predicted octanol–water partition coefficient (Wildman–Crippen LogP) is 1.35. The van der Waals surface area contributed by atoms with Crippen LogP contribution in [0.5, 0.6) is 0 Å². The second kappa shape index (κ2) is 8.34. The fraction of sp³-hybridized carbons (Fsp3) is 0.857. The summed E-state index contributed by atoms with van der Waals surface area (Å²) in [5.74, 6) is 1.55. The Kier molecular flexibility index (Phi) is 6.42. The number of aryl methyl sites for hydroxylation is 1. The normalized spacial score (nSPS) is 17.7. The lowest BCUT2D eigenvalue weighted by Crippen LogP contribution is -2.36. The van der Waals surface area contributed by atoms with Crippen molar-refractivity contribution in [3.8, 4) is 0 Å². The van der Waals surface area contributed by atoms with Gasteiger partial charge < -0.3 is 15.0 Å². The molecule has 6 nitrogen and oxygen atoms in total. The largest absolute Gasteiger partial charge is 0.378 e. The number of hydrogen-bond donors (Lipinski definition) is 1. The molecule has 0 aromatic carbocycles. The van der Waals surface area contributed by atoms with Gasteiger partial charge in [0.15, 0.2) is 5.82 Å². The van der Waals surface area contributed by atoms with Gasteiger partial charge >= 0.3 is 0 Å². The van der Waals surface area contributed by atoms with Gasteiger partial charge in [0.2, 0.25) is 5.89 Å². The molecule has 0 atom stereocenters. The number of ether oxygens (including phenoxy) is 1. The smallest absolute Gasteiger partial charge is 0.240 e. The average Bonchev–Trinajstić information content (AvgIpc) is 2.89. The van der Waals surface area contributed by atoms with Gasteiger partial charge in [-0.25, -0.2) is 0 Å². The Morgan fingerprint density at radius 2 is 2.20 bits per heavy atom. The molecule has 1 aliphatic heterocycles. The number of hydrogen-bond acceptors (Lipinski definition) is 6. The maximum atomic E-state index is 5.80. The zero-order valence-corrected chi connectivity index (χ0v) is 12.4. The lowest BCUT2D eigenvalue weighted by molar-refractivity contribution is 0.00381. The summed E-state index contributed by atoms with van der Waals surface area (Å²) in [6.45, 7) is 6.41. The maximum Gasteiger partial charge on any atom is 0.240 e. The first-order valence-corrected chi connectivity index (χ1v) is 7.67. The van der Waals surface area contributed by atoms with E-state index in [9.17, 15) is 0 Å². The van der Waals surface area contributed by atoms with Crippen molar-refractivity contribution in [2.24, 2.45) is 5.73 Å². The highest BCUT2D eigenvalue weighted by atomic mass is 16.5. The van der Waals surface area contributed by atoms with Crippen LogP contribution in [0.15, 0.2) is 4.52 Å². The summed E-state index contributed by atoms with van der Waals surface area (Å²) < 4.78 is 11.1. The minimum absolute atomic E-state index is 0.385. The Labute approximate surface area is 120 Å². The van der Waals surface area contributed by atoms with Crippen LogP contribution in [0.1, 0.15) is 44.3 Å². The predicted molar refractivity (Wildman–Crippen MR) is 76.2 cm³/mol. The van der Waals surface area contributed by atoms with E-state index in [0.717, 1.165) is 70.1 Å². The van der Waals surface area contributed by atoms with Crippen LogP contribution in [0.4, 0.5) is 0 Å². The second-order valence-corrected chi connectivity index (χ2v) is 5.34. The lowest BCUT2D eigenvalue weighted by atomic mass is 10.1. The molecule has 1 saturated heterocycles. The second-order valence-electron chi connectivity index (χ2n) is 5.34. The Morgan fingerprint density at radius 3 is 2.90 bits per heavy atom. The SMILES string of the molecule is CCCc1noc(CN2CCC(OCCCN)CC2)n1. The quantitative estimate of drug-likeness (QED) is 0.725. The Hall–Kier alpha value is -0.980. The van der Waals surface area contributed by atoms with Crippen LogP contribution in [-0.4, -0.2) is 47.4 Å². The van der Waals surface area contributed by atoms with Gasteiger partial charge in [-0.15, -0.1) is 0 Å². The maximum absolute atomic E-state index is 5.80. The molecule has 2 rings (SSSR count). The van der Waals surface area contributed by atoms with Crippen molar-refractivity contribution in [2.45, 2.75) is 51.7 Å². The Bertz CT molecular complexity index is 375. The van der Waals surface area contributed by atoms with Crippen LogP contribution in [0.3, 0.4) is 0 Å². The van der Waals surface area contributed by atoms with E-state index in [0.29, 0.717) is 12.6 Å². The fourth-order valence-electron chi connectivity index (χ4n) is 2.44. The molecule has 2 N–H and O–H groups in total. The van der Waals surface area contributed by atoms with E-state index in [2.05, 4.69) is 22.0 Å². The van der Waals surface area contributed by atoms with Gasteiger partial charge in [0.05, 0.1) is 12.6 Å². The number of likely N-dealkylation sites (tertiary alicyclic amines) is 1. The minimum atomic E-state index is 0.385. The third-order valence-electron chi connectivity index (χ3n) is 3.58. The topological polar surface area (TPSA) is 77.4 Å². The molecule has 0 aliphatic carbocycles. The van der Waals surface area contributed by atoms with Crippen molar-refractivity contribution < 1.29 is 9.26 Å². The fourth-order valence-corrected chi connectivity index (χ4v) is 2.44. The van der Waals surface area contributed by atoms with E-state index in [4.69, 9.17) is 15.0 Å². The highest BCUT2D eigenvalue weighted by Crippen LogP contribution is 2.16. The molecule has 0 amide bonds. The number of nitrogens with zero attached hydrogens (tertiary/aromatic N) is 3. The van der Waals surface area contributed by atoms with Gasteiger partial charge in [0.1, 0.15) is 0 Å². The van der Waals surface area contributed by atoms with Gasteiger partial charge in [-0.05, 0) is 32.2 Å². The zero-order valence-electron chi connectivity index (χ0n) is 12.4. The van der Waals surface area contributed by atoms with Crippen molar-refractivity contribution in [3.63, 3.8) is 0 Å². The molecule has 0 spiro atoms. The van der Waals surface area contributed by atoms with Crippen LogP contribution in [-0.2, 0) is 17.7 Å². The van der Waals surface area contributed by atoms with Crippen LogP contribution < -0.4 is 5.73 Å². The number of aromatic nitrogens is 2. The molecular formula is C14H26N4O2. The molecule has 1 aromatic rings. The monoisotopic (exact) mass is 282 g/mol. The van der Waals surface area contributed by atoms with E-state index < -0.39 is 0 Å². The lowest BCUT2D eigenvalue weighted by Gasteiger charge is -2.30. The number of piperidine rings is 1. The average molecular weight is 282 g/mol. The highest BCUT2D eigenvalue weighted by Gasteiger charge is 2.21. The molecule has 1 aliphatic rings. The Morgan fingerprint density at radius 1 is 1.40 bits per heavy atom. The standard InChI is InChI=1S/C14H26N4O2/c1-2-4-13-16-14(20-17-13)11-18-8-5-12(6-9-18)19-10-3-7-15/h12H,2-11,15H2,1H3. The van der Waals surface area contributed by atoms with Crippen molar-refractivity contribution in [2.75, 3.05) is 26.2 Å². The van der Waals surface area contributed by atoms with Gasteiger partial charge in [-0.2, -0.15) is 4.98 Å². The van der Waals surface area contributed by atoms with Crippen molar-refractivity contribution in [1.82, 2.24) is 15.0 Å². The van der Waals surface area contributed by atoms with Gasteiger partial charge in [-0.1, -0.05) is 12.1 Å². The van der Waals surface area contributed by atoms with Crippen LogP contribution in [0, 0.1) is 0 Å². The van der Waals surface area contributed by atoms with E-state index in [1.54, 1.807) is 0 Å². The highest BCUT2D eigenvalue weighted by molar-refractivity contribution is 4.87. The summed E-state index contributed by atoms with van der Waals surface area (Å²) in [6, 6.07) is 0. The minimum Gasteiger partial charge on any atom is -0.378 e. The summed E-state index contributed by atoms with van der Waals surface area (Å²) in [6.07, 6.45) is 5.41. The van der Waals surface area contributed by atoms with E-state index in [1.165, 1.54) is 0 Å². The summed E-state index contributed by atoms with van der Waals surface area (Å²) in [5, 5.41) is 3.99. The molecule has 20 heavy (non-hydrogen) atoms. The summed E-state index contributed by atoms with van der Waals surface area (Å²) in [5.41, 5.74) is 5.46. The van der Waals surface area contributed by atoms with Crippen molar-refractivity contribution >= 4 is 0 Å². The molecule has 6 heteroatoms. The molecule has 0 bridgehead atoms. The van der Waals surface area contributed by atoms with Gasteiger partial charge in [0.25, 0.3) is 0 Å². The molecule has 0 radical (unpaired) electrons. The van der Waals surface area contributed by atoms with Gasteiger partial charge in [0, 0.05) is 26.1 Å². The van der Waals surface area contributed by atoms with Crippen molar-refractivity contribution in [1.29, 1.82) is 0 Å². The number of nitrogens with two attached hydrogens (primary N) is 1. The molecule has 1 aromatic heterocycles. The first-order valence-electron chi connectivity index (χ1n) is 7.67. The van der Waals surface area contributed by atoms with E-state index in [1.807, 2.05) is 0 Å². The summed E-state index contributed by atoms with van der Waals surface area (Å²) in [4.78, 5) is 6.76. The third kappa shape index (κ3) is 4.85. The van der Waals surface area contributed by atoms with Crippen LogP contribution >= 0.6 is 0 Å². The molecule has 2 heterocycles. The van der Waals surface area contributed by atoms with E-state index in [-0.39, 0.29) is 0 Å². The Balaban J connectivity index is 1.68. The summed E-state index contributed by atoms with van der Waals surface area (Å²) in [7, 11) is 0. The molecular weight excluding hydrogens is 256 g/mol. The van der Waals surface area contributed by atoms with Gasteiger partial charge in [-0.3, -0.25) is 4.90 Å². The van der Waals surface area contributed by atoms with E-state index >= 15 is 0 Å². The molecule has 0 unspecified atom stereocenters.